The van der Waals surface area contributed by atoms with Crippen LogP contribution in [0.25, 0.3) is 11.0 Å². The van der Waals surface area contributed by atoms with Gasteiger partial charge in [0.2, 0.25) is 0 Å². The Morgan fingerprint density at radius 2 is 1.92 bits per heavy atom. The average Bonchev–Trinajstić information content (AvgIpc) is 3.48. The van der Waals surface area contributed by atoms with Crippen molar-refractivity contribution in [2.24, 2.45) is 7.05 Å². The Morgan fingerprint density at radius 1 is 1.14 bits per heavy atom. The van der Waals surface area contributed by atoms with E-state index in [1.165, 1.54) is 12.1 Å². The predicted molar refractivity (Wildman–Crippen MR) is 127 cm³/mol. The van der Waals surface area contributed by atoms with Crippen molar-refractivity contribution in [3.63, 3.8) is 0 Å². The second-order valence-corrected chi connectivity index (χ2v) is 8.32. The molecule has 0 saturated carbocycles. The van der Waals surface area contributed by atoms with Crippen LogP contribution in [0.5, 0.6) is 11.5 Å². The molecular weight excluding hydrogens is 475 g/mol. The van der Waals surface area contributed by atoms with Crippen LogP contribution in [0, 0.1) is 0 Å². The quantitative estimate of drug-likeness (QED) is 0.367. The van der Waals surface area contributed by atoms with Gasteiger partial charge in [0, 0.05) is 43.7 Å². The number of nitrogens with one attached hydrogen (secondary N) is 3. The molecule has 4 aromatic rings. The lowest BCUT2D eigenvalue weighted by atomic mass is 10.2. The van der Waals surface area contributed by atoms with Gasteiger partial charge in [0.25, 0.3) is 5.91 Å². The molecule has 186 valence electrons. The van der Waals surface area contributed by atoms with E-state index < -0.39 is 17.6 Å². The number of anilines is 2. The molecule has 1 atom stereocenters. The van der Waals surface area contributed by atoms with Gasteiger partial charge in [-0.1, -0.05) is 0 Å². The minimum absolute atomic E-state index is 0.191. The topological polar surface area (TPSA) is 106 Å². The standard InChI is InChI=1S/C24H22F3N7O2/c1-34-22-20(21(33-34)31-16-7-9-28-13-16)18(8-11-30-22)36-17-4-2-14(3-5-17)23(35)32-19-12-15(6-10-29-19)24(25,26)27/h2-6,8,10-12,16,28H,7,9,13H2,1H3,(H,31,33)(H,29,32,35). The van der Waals surface area contributed by atoms with Gasteiger partial charge < -0.3 is 20.7 Å². The molecule has 1 aromatic carbocycles. The molecule has 0 bridgehead atoms. The van der Waals surface area contributed by atoms with E-state index in [1.807, 2.05) is 7.05 Å². The molecule has 3 N–H and O–H groups in total. The van der Waals surface area contributed by atoms with Gasteiger partial charge in [0.15, 0.2) is 11.5 Å². The summed E-state index contributed by atoms with van der Waals surface area (Å²) in [6.07, 6.45) is -0.925. The van der Waals surface area contributed by atoms with Crippen LogP contribution in [0.3, 0.4) is 0 Å². The van der Waals surface area contributed by atoms with Gasteiger partial charge in [0.1, 0.15) is 22.7 Å². The average molecular weight is 497 g/mol. The fourth-order valence-electron chi connectivity index (χ4n) is 3.97. The molecule has 9 nitrogen and oxygen atoms in total. The Labute approximate surface area is 203 Å². The van der Waals surface area contributed by atoms with Gasteiger partial charge in [-0.3, -0.25) is 4.79 Å². The van der Waals surface area contributed by atoms with Crippen LogP contribution in [-0.4, -0.2) is 44.8 Å². The lowest BCUT2D eigenvalue weighted by Gasteiger charge is -2.12. The number of pyridine rings is 2. The van der Waals surface area contributed by atoms with E-state index in [9.17, 15) is 18.0 Å². The number of halogens is 3. The minimum Gasteiger partial charge on any atom is -0.456 e. The van der Waals surface area contributed by atoms with E-state index in [-0.39, 0.29) is 17.4 Å². The Morgan fingerprint density at radius 3 is 2.64 bits per heavy atom. The highest BCUT2D eigenvalue weighted by atomic mass is 19.4. The molecule has 3 aromatic heterocycles. The normalized spacial score (nSPS) is 15.7. The highest BCUT2D eigenvalue weighted by molar-refractivity contribution is 6.03. The number of alkyl halides is 3. The largest absolute Gasteiger partial charge is 0.456 e. The van der Waals surface area contributed by atoms with Crippen LogP contribution in [0.2, 0.25) is 0 Å². The molecule has 0 spiro atoms. The molecule has 1 unspecified atom stereocenters. The lowest BCUT2D eigenvalue weighted by molar-refractivity contribution is -0.137. The minimum atomic E-state index is -4.53. The lowest BCUT2D eigenvalue weighted by Crippen LogP contribution is -2.22. The second-order valence-electron chi connectivity index (χ2n) is 8.32. The third-order valence-corrected chi connectivity index (χ3v) is 5.76. The number of aromatic nitrogens is 4. The Bertz CT molecular complexity index is 1400. The maximum atomic E-state index is 12.9. The van der Waals surface area contributed by atoms with Crippen molar-refractivity contribution in [3.8, 4) is 11.5 Å². The first-order valence-corrected chi connectivity index (χ1v) is 11.2. The highest BCUT2D eigenvalue weighted by Gasteiger charge is 2.31. The smallest absolute Gasteiger partial charge is 0.416 e. The number of amides is 1. The van der Waals surface area contributed by atoms with Crippen molar-refractivity contribution < 1.29 is 22.7 Å². The summed E-state index contributed by atoms with van der Waals surface area (Å²) < 4.78 is 46.5. The third-order valence-electron chi connectivity index (χ3n) is 5.76. The summed E-state index contributed by atoms with van der Waals surface area (Å²) in [5, 5.41) is 14.4. The van der Waals surface area contributed by atoms with Gasteiger partial charge in [-0.15, -0.1) is 0 Å². The first-order chi connectivity index (χ1) is 17.3. The van der Waals surface area contributed by atoms with E-state index in [0.29, 0.717) is 23.0 Å². The number of hydrogen-bond donors (Lipinski definition) is 3. The number of hydrogen-bond acceptors (Lipinski definition) is 7. The van der Waals surface area contributed by atoms with Crippen molar-refractivity contribution >= 4 is 28.6 Å². The maximum Gasteiger partial charge on any atom is 0.416 e. The zero-order valence-electron chi connectivity index (χ0n) is 19.1. The number of aryl methyl sites for hydroxylation is 1. The molecule has 1 amide bonds. The third kappa shape index (κ3) is 4.93. The zero-order chi connectivity index (χ0) is 25.3. The monoisotopic (exact) mass is 497 g/mol. The molecule has 1 fully saturated rings. The SMILES string of the molecule is Cn1nc(NC2CCNC2)c2c(Oc3ccc(C(=O)Nc4cc(C(F)(F)F)ccn4)cc3)ccnc21. The molecule has 1 aliphatic heterocycles. The molecule has 0 aliphatic carbocycles. The van der Waals surface area contributed by atoms with Crippen LogP contribution in [0.15, 0.2) is 54.9 Å². The summed E-state index contributed by atoms with van der Waals surface area (Å²) in [4.78, 5) is 20.7. The predicted octanol–water partition coefficient (Wildman–Crippen LogP) is 4.20. The van der Waals surface area contributed by atoms with Crippen molar-refractivity contribution in [3.05, 3.63) is 66.0 Å². The number of benzene rings is 1. The van der Waals surface area contributed by atoms with Gasteiger partial charge in [0.05, 0.1) is 5.56 Å². The molecule has 0 radical (unpaired) electrons. The van der Waals surface area contributed by atoms with Gasteiger partial charge in [-0.05, 0) is 49.4 Å². The van der Waals surface area contributed by atoms with Crippen LogP contribution in [-0.2, 0) is 13.2 Å². The maximum absolute atomic E-state index is 12.9. The Hall–Kier alpha value is -4.19. The molecule has 4 heterocycles. The number of ether oxygens (including phenoxy) is 1. The highest BCUT2D eigenvalue weighted by Crippen LogP contribution is 2.34. The molecule has 36 heavy (non-hydrogen) atoms. The van der Waals surface area contributed by atoms with Crippen LogP contribution in [0.4, 0.5) is 24.8 Å². The van der Waals surface area contributed by atoms with Crippen LogP contribution >= 0.6 is 0 Å². The summed E-state index contributed by atoms with van der Waals surface area (Å²) in [5.41, 5.74) is -0.00175. The summed E-state index contributed by atoms with van der Waals surface area (Å²) >= 11 is 0. The summed E-state index contributed by atoms with van der Waals surface area (Å²) in [6, 6.07) is 9.85. The van der Waals surface area contributed by atoms with Gasteiger partial charge in [-0.25, -0.2) is 14.6 Å². The zero-order valence-corrected chi connectivity index (χ0v) is 19.1. The van der Waals surface area contributed by atoms with E-state index in [4.69, 9.17) is 4.74 Å². The van der Waals surface area contributed by atoms with E-state index in [1.54, 1.807) is 29.1 Å². The molecule has 12 heteroatoms. The van der Waals surface area contributed by atoms with E-state index in [2.05, 4.69) is 31.0 Å². The van der Waals surface area contributed by atoms with Crippen molar-refractivity contribution in [2.45, 2.75) is 18.6 Å². The van der Waals surface area contributed by atoms with Crippen molar-refractivity contribution in [2.75, 3.05) is 23.7 Å². The first-order valence-electron chi connectivity index (χ1n) is 11.2. The Balaban J connectivity index is 1.33. The van der Waals surface area contributed by atoms with Crippen molar-refractivity contribution in [1.82, 2.24) is 25.1 Å². The first kappa shape index (κ1) is 23.5. The number of fused-ring (bicyclic) bond motifs is 1. The summed E-state index contributed by atoms with van der Waals surface area (Å²) in [5.74, 6) is 0.904. The number of carbonyl (C=O) groups is 1. The molecule has 1 aliphatic rings. The second kappa shape index (κ2) is 9.46. The number of carbonyl (C=O) groups excluding carboxylic acids is 1. The van der Waals surface area contributed by atoms with Crippen molar-refractivity contribution in [1.29, 1.82) is 0 Å². The Kier molecular flexibility index (Phi) is 6.18. The summed E-state index contributed by atoms with van der Waals surface area (Å²) in [7, 11) is 1.81. The number of nitrogens with zero attached hydrogens (tertiary/aromatic N) is 4. The molecule has 5 rings (SSSR count). The summed E-state index contributed by atoms with van der Waals surface area (Å²) in [6.45, 7) is 1.78. The molecule has 1 saturated heterocycles. The van der Waals surface area contributed by atoms with E-state index >= 15 is 0 Å². The van der Waals surface area contributed by atoms with E-state index in [0.717, 1.165) is 43.2 Å². The van der Waals surface area contributed by atoms with Crippen LogP contribution < -0.4 is 20.7 Å². The van der Waals surface area contributed by atoms with Gasteiger partial charge >= 0.3 is 6.18 Å². The molecular formula is C24H22F3N7O2. The fraction of sp³-hybridized carbons (Fsp3) is 0.250. The fourth-order valence-corrected chi connectivity index (χ4v) is 3.97. The van der Waals surface area contributed by atoms with Gasteiger partial charge in [-0.2, -0.15) is 18.3 Å². The van der Waals surface area contributed by atoms with Crippen LogP contribution in [0.1, 0.15) is 22.3 Å². The number of rotatable bonds is 6.